The number of methoxy groups -OCH3 is 1. The van der Waals surface area contributed by atoms with E-state index in [2.05, 4.69) is 27.0 Å². The number of aromatic nitrogens is 2. The fourth-order valence-electron chi connectivity index (χ4n) is 4.42. The molecule has 0 aliphatic heterocycles. The minimum atomic E-state index is -0.557. The number of para-hydroxylation sites is 1. The first kappa shape index (κ1) is 22.4. The molecule has 8 heteroatoms. The van der Waals surface area contributed by atoms with Gasteiger partial charge in [-0.2, -0.15) is 4.39 Å². The van der Waals surface area contributed by atoms with Crippen LogP contribution in [0.5, 0.6) is 0 Å². The number of rotatable bonds is 6. The lowest BCUT2D eigenvalue weighted by molar-refractivity contribution is 0.0602. The molecule has 1 N–H and O–H groups in total. The molecular formula is C27H22FN3O4. The van der Waals surface area contributed by atoms with Crippen molar-refractivity contribution in [3.8, 4) is 22.7 Å². The summed E-state index contributed by atoms with van der Waals surface area (Å²) >= 11 is 0. The zero-order chi connectivity index (χ0) is 24.4. The van der Waals surface area contributed by atoms with Crippen LogP contribution in [0.1, 0.15) is 52.6 Å². The Hall–Kier alpha value is -4.38. The van der Waals surface area contributed by atoms with E-state index in [9.17, 15) is 14.0 Å². The van der Waals surface area contributed by atoms with Crippen molar-refractivity contribution in [2.75, 3.05) is 12.4 Å². The zero-order valence-corrected chi connectivity index (χ0v) is 19.0. The molecule has 0 radical (unpaired) electrons. The molecule has 1 aliphatic rings. The number of hydrogen-bond acceptors (Lipinski definition) is 5. The second-order valence-corrected chi connectivity index (χ2v) is 8.29. The highest BCUT2D eigenvalue weighted by atomic mass is 19.1. The van der Waals surface area contributed by atoms with E-state index < -0.39 is 17.7 Å². The summed E-state index contributed by atoms with van der Waals surface area (Å²) in [5.74, 6) is -1.05. The van der Waals surface area contributed by atoms with Crippen LogP contribution in [0, 0.1) is 17.9 Å². The maximum Gasteiger partial charge on any atom is 0.339 e. The molecule has 35 heavy (non-hydrogen) atoms. The minimum absolute atomic E-state index is 0.0689. The highest BCUT2D eigenvalue weighted by Gasteiger charge is 2.26. The highest BCUT2D eigenvalue weighted by molar-refractivity contribution is 6.06. The van der Waals surface area contributed by atoms with E-state index in [4.69, 9.17) is 9.15 Å². The number of halogens is 1. The quantitative estimate of drug-likeness (QED) is 0.365. The average Bonchev–Trinajstić information content (AvgIpc) is 3.64. The molecule has 0 atom stereocenters. The van der Waals surface area contributed by atoms with Gasteiger partial charge in [0.1, 0.15) is 11.4 Å². The Morgan fingerprint density at radius 3 is 2.66 bits per heavy atom. The molecule has 2 heterocycles. The van der Waals surface area contributed by atoms with Crippen LogP contribution in [0.15, 0.2) is 59.3 Å². The maximum atomic E-state index is 13.4. The van der Waals surface area contributed by atoms with Crippen molar-refractivity contribution >= 4 is 17.6 Å². The summed E-state index contributed by atoms with van der Waals surface area (Å²) in [5.41, 5.74) is 2.40. The predicted octanol–water partition coefficient (Wildman–Crippen LogP) is 5.70. The van der Waals surface area contributed by atoms with Crippen molar-refractivity contribution in [2.24, 2.45) is 0 Å². The number of nitrogens with one attached hydrogen (secondary N) is 1. The summed E-state index contributed by atoms with van der Waals surface area (Å²) in [4.78, 5) is 29.6. The molecule has 2 aromatic carbocycles. The van der Waals surface area contributed by atoms with Crippen molar-refractivity contribution in [1.82, 2.24) is 9.55 Å². The van der Waals surface area contributed by atoms with Crippen molar-refractivity contribution in [3.05, 3.63) is 84.1 Å². The molecule has 176 valence electrons. The standard InChI is InChI=1S/C27H22FN3O4/c1-34-27(33)20-8-4-5-9-21(20)30-26(32)23-15-14-22(35-23)25-24(17-10-12-18(28)13-11-17)29-16-31(25)19-6-2-3-7-19/h4-5,8-10,12,14-16,19H,2-3,6-7H2,1H3,(H,30,32). The van der Waals surface area contributed by atoms with E-state index >= 15 is 0 Å². The summed E-state index contributed by atoms with van der Waals surface area (Å²) in [6.07, 6.45) is 6.03. The SMILES string of the molecule is COC(=O)c1ccccc1NC(=O)c1ccc(-c2c(-c3c#cc(F)cc3)ncn2C2CCCC2)o1. The smallest absolute Gasteiger partial charge is 0.339 e. The van der Waals surface area contributed by atoms with Crippen LogP contribution >= 0.6 is 0 Å². The third-order valence-corrected chi connectivity index (χ3v) is 6.12. The van der Waals surface area contributed by atoms with Crippen molar-refractivity contribution in [3.63, 3.8) is 0 Å². The monoisotopic (exact) mass is 471 g/mol. The van der Waals surface area contributed by atoms with Gasteiger partial charge in [-0.05, 0) is 55.3 Å². The average molecular weight is 471 g/mol. The third-order valence-electron chi connectivity index (χ3n) is 6.12. The zero-order valence-electron chi connectivity index (χ0n) is 19.0. The summed E-state index contributed by atoms with van der Waals surface area (Å²) in [5, 5.41) is 2.71. The normalized spacial score (nSPS) is 13.4. The van der Waals surface area contributed by atoms with E-state index in [1.807, 2.05) is 0 Å². The number of furan rings is 1. The van der Waals surface area contributed by atoms with E-state index in [0.717, 1.165) is 25.7 Å². The fraction of sp³-hybridized carbons (Fsp3) is 0.222. The first-order chi connectivity index (χ1) is 17.0. The number of imidazole rings is 1. The number of amides is 1. The van der Waals surface area contributed by atoms with Crippen LogP contribution in [-0.4, -0.2) is 28.5 Å². The fourth-order valence-corrected chi connectivity index (χ4v) is 4.42. The lowest BCUT2D eigenvalue weighted by Crippen LogP contribution is -2.14. The second kappa shape index (κ2) is 9.47. The van der Waals surface area contributed by atoms with Gasteiger partial charge in [-0.3, -0.25) is 4.79 Å². The van der Waals surface area contributed by atoms with Crippen LogP contribution in [0.3, 0.4) is 0 Å². The van der Waals surface area contributed by atoms with Crippen LogP contribution in [-0.2, 0) is 4.74 Å². The molecule has 0 saturated heterocycles. The minimum Gasteiger partial charge on any atom is -0.465 e. The molecule has 7 nitrogen and oxygen atoms in total. The van der Waals surface area contributed by atoms with E-state index in [-0.39, 0.29) is 17.4 Å². The molecule has 0 bridgehead atoms. The summed E-state index contributed by atoms with van der Waals surface area (Å²) in [6.45, 7) is 0. The number of benzene rings is 1. The Bertz CT molecular complexity index is 1370. The first-order valence-corrected chi connectivity index (χ1v) is 11.3. The number of esters is 1. The molecule has 0 unspecified atom stereocenters. The van der Waals surface area contributed by atoms with Gasteiger partial charge in [-0.25, -0.2) is 9.78 Å². The van der Waals surface area contributed by atoms with Crippen molar-refractivity contribution < 1.29 is 23.1 Å². The first-order valence-electron chi connectivity index (χ1n) is 11.3. The number of nitrogens with zero attached hydrogens (tertiary/aromatic N) is 2. The Kier molecular flexibility index (Phi) is 6.06. The van der Waals surface area contributed by atoms with Gasteiger partial charge < -0.3 is 19.0 Å². The van der Waals surface area contributed by atoms with E-state index in [1.54, 1.807) is 48.8 Å². The van der Waals surface area contributed by atoms with Gasteiger partial charge in [0.05, 0.1) is 30.3 Å². The third kappa shape index (κ3) is 4.41. The molecule has 1 amide bonds. The topological polar surface area (TPSA) is 86.4 Å². The molecule has 4 aromatic rings. The predicted molar refractivity (Wildman–Crippen MR) is 126 cm³/mol. The van der Waals surface area contributed by atoms with E-state index in [0.29, 0.717) is 28.4 Å². The Balaban J connectivity index is 1.49. The molecule has 5 rings (SSSR count). The molecule has 1 saturated carbocycles. The van der Waals surface area contributed by atoms with Gasteiger partial charge >= 0.3 is 5.97 Å². The molecule has 2 aromatic heterocycles. The second-order valence-electron chi connectivity index (χ2n) is 8.29. The molecule has 1 fully saturated rings. The summed E-state index contributed by atoms with van der Waals surface area (Å²) in [7, 11) is 1.28. The Morgan fingerprint density at radius 1 is 1.11 bits per heavy atom. The van der Waals surface area contributed by atoms with Gasteiger partial charge in [-0.15, -0.1) is 0 Å². The lowest BCUT2D eigenvalue weighted by Gasteiger charge is -2.14. The van der Waals surface area contributed by atoms with Gasteiger partial charge in [-0.1, -0.05) is 31.0 Å². The van der Waals surface area contributed by atoms with Crippen molar-refractivity contribution in [1.29, 1.82) is 0 Å². The molecule has 1 aliphatic carbocycles. The maximum absolute atomic E-state index is 13.4. The number of carbonyl (C=O) groups is 2. The van der Waals surface area contributed by atoms with Gasteiger partial charge in [0.15, 0.2) is 17.3 Å². The number of carbonyl (C=O) groups excluding carboxylic acids is 2. The summed E-state index contributed by atoms with van der Waals surface area (Å²) in [6, 6.07) is 18.3. The lowest BCUT2D eigenvalue weighted by atomic mass is 10.1. The molecular weight excluding hydrogens is 449 g/mol. The number of anilines is 1. The number of hydrogen-bond donors (Lipinski definition) is 1. The van der Waals surface area contributed by atoms with E-state index in [1.165, 1.54) is 13.2 Å². The van der Waals surface area contributed by atoms with Crippen LogP contribution in [0.4, 0.5) is 10.1 Å². The van der Waals surface area contributed by atoms with Gasteiger partial charge in [0.2, 0.25) is 0 Å². The van der Waals surface area contributed by atoms with Crippen LogP contribution in [0.25, 0.3) is 22.7 Å². The largest absolute Gasteiger partial charge is 0.465 e. The van der Waals surface area contributed by atoms with Gasteiger partial charge in [0, 0.05) is 6.04 Å². The van der Waals surface area contributed by atoms with Crippen LogP contribution < -0.4 is 5.32 Å². The Morgan fingerprint density at radius 2 is 1.91 bits per heavy atom. The Labute approximate surface area is 201 Å². The highest BCUT2D eigenvalue weighted by Crippen LogP contribution is 2.38. The number of ether oxygens (including phenoxy) is 1. The van der Waals surface area contributed by atoms with Gasteiger partial charge in [0.25, 0.3) is 5.91 Å². The van der Waals surface area contributed by atoms with Crippen LogP contribution in [0.2, 0.25) is 0 Å². The van der Waals surface area contributed by atoms with Crippen molar-refractivity contribution in [2.45, 2.75) is 31.7 Å². The molecule has 0 spiro atoms. The summed E-state index contributed by atoms with van der Waals surface area (Å²) < 4.78 is 26.3.